The van der Waals surface area contributed by atoms with E-state index in [0.29, 0.717) is 0 Å². The van der Waals surface area contributed by atoms with Gasteiger partial charge >= 0.3 is 0 Å². The molecule has 1 aromatic carbocycles. The van der Waals surface area contributed by atoms with Gasteiger partial charge in [-0.15, -0.1) is 0 Å². The number of nitrogen functional groups attached to an aromatic ring is 1. The average Bonchev–Trinajstić information content (AvgIpc) is 2.29. The van der Waals surface area contributed by atoms with Gasteiger partial charge in [0.25, 0.3) is 0 Å². The van der Waals surface area contributed by atoms with Crippen LogP contribution in [0.3, 0.4) is 0 Å². The van der Waals surface area contributed by atoms with Crippen molar-refractivity contribution in [3.05, 3.63) is 41.1 Å². The fraction of sp³-hybridized carbons (Fsp3) is 0.214. The van der Waals surface area contributed by atoms with Crippen molar-refractivity contribution < 1.29 is 0 Å². The van der Waals surface area contributed by atoms with E-state index in [0.717, 1.165) is 40.7 Å². The van der Waals surface area contributed by atoms with Gasteiger partial charge in [-0.05, 0) is 31.4 Å². The number of hydrogen-bond acceptors (Lipinski definition) is 2. The van der Waals surface area contributed by atoms with Crippen LogP contribution in [0.1, 0.15) is 23.2 Å². The Morgan fingerprint density at radius 1 is 1.31 bits per heavy atom. The number of nitrogens with two attached hydrogens (primary N) is 1. The number of allylic oxidation sites excluding steroid dienone is 1. The monoisotopic (exact) mass is 210 g/mol. The van der Waals surface area contributed by atoms with Gasteiger partial charge in [-0.1, -0.05) is 24.3 Å². The third-order valence-corrected chi connectivity index (χ3v) is 3.13. The van der Waals surface area contributed by atoms with Crippen molar-refractivity contribution in [2.45, 2.75) is 19.8 Å². The first-order chi connectivity index (χ1) is 7.75. The van der Waals surface area contributed by atoms with Crippen molar-refractivity contribution in [3.8, 4) is 0 Å². The molecule has 16 heavy (non-hydrogen) atoms. The molecule has 0 aliphatic heterocycles. The van der Waals surface area contributed by atoms with Crippen LogP contribution in [0.25, 0.3) is 17.0 Å². The number of rotatable bonds is 0. The van der Waals surface area contributed by atoms with E-state index in [2.05, 4.69) is 37.3 Å². The Balaban J connectivity index is 2.40. The molecule has 3 rings (SSSR count). The van der Waals surface area contributed by atoms with Gasteiger partial charge in [0.2, 0.25) is 0 Å². The van der Waals surface area contributed by atoms with Gasteiger partial charge in [-0.3, -0.25) is 4.98 Å². The van der Waals surface area contributed by atoms with Crippen LogP contribution in [-0.4, -0.2) is 4.98 Å². The number of anilines is 1. The maximum absolute atomic E-state index is 6.20. The van der Waals surface area contributed by atoms with Gasteiger partial charge in [0.1, 0.15) is 0 Å². The lowest BCUT2D eigenvalue weighted by Crippen LogP contribution is -2.03. The number of pyridine rings is 1. The first kappa shape index (κ1) is 9.40. The molecule has 0 saturated carbocycles. The maximum Gasteiger partial charge on any atom is 0.0729 e. The van der Waals surface area contributed by atoms with Crippen LogP contribution in [0.4, 0.5) is 5.69 Å². The molecule has 0 amide bonds. The van der Waals surface area contributed by atoms with Crippen molar-refractivity contribution in [2.24, 2.45) is 0 Å². The second-order valence-corrected chi connectivity index (χ2v) is 4.35. The molecule has 1 aliphatic rings. The summed E-state index contributed by atoms with van der Waals surface area (Å²) in [5.74, 6) is 0. The first-order valence-electron chi connectivity index (χ1n) is 5.61. The highest BCUT2D eigenvalue weighted by atomic mass is 14.7. The van der Waals surface area contributed by atoms with E-state index in [1.165, 1.54) is 5.56 Å². The highest BCUT2D eigenvalue weighted by Gasteiger charge is 2.12. The molecule has 1 heterocycles. The average molecular weight is 210 g/mol. The fourth-order valence-corrected chi connectivity index (χ4v) is 2.27. The summed E-state index contributed by atoms with van der Waals surface area (Å²) >= 11 is 0. The van der Waals surface area contributed by atoms with Crippen LogP contribution < -0.4 is 5.73 Å². The molecule has 0 atom stereocenters. The number of aromatic nitrogens is 1. The minimum Gasteiger partial charge on any atom is -0.398 e. The smallest absolute Gasteiger partial charge is 0.0729 e. The van der Waals surface area contributed by atoms with Crippen molar-refractivity contribution in [2.75, 3.05) is 5.73 Å². The number of hydrogen-bond donors (Lipinski definition) is 1. The molecule has 0 fully saturated rings. The Labute approximate surface area is 94.8 Å². The van der Waals surface area contributed by atoms with Crippen molar-refractivity contribution >= 4 is 22.7 Å². The SMILES string of the molecule is Cc1ccc2c(N)c3c(nc2c1)CCC=C3. The zero-order chi connectivity index (χ0) is 11.1. The summed E-state index contributed by atoms with van der Waals surface area (Å²) in [6, 6.07) is 6.25. The van der Waals surface area contributed by atoms with Crippen LogP contribution in [0.15, 0.2) is 24.3 Å². The van der Waals surface area contributed by atoms with Gasteiger partial charge in [0.15, 0.2) is 0 Å². The second kappa shape index (κ2) is 3.34. The highest BCUT2D eigenvalue weighted by Crippen LogP contribution is 2.30. The molecule has 0 saturated heterocycles. The van der Waals surface area contributed by atoms with Gasteiger partial charge in [0.05, 0.1) is 16.9 Å². The van der Waals surface area contributed by atoms with Crippen LogP contribution in [0, 0.1) is 6.92 Å². The summed E-state index contributed by atoms with van der Waals surface area (Å²) in [6.45, 7) is 2.08. The Bertz CT molecular complexity index is 597. The van der Waals surface area contributed by atoms with E-state index in [4.69, 9.17) is 10.7 Å². The number of aryl methyl sites for hydroxylation is 2. The summed E-state index contributed by atoms with van der Waals surface area (Å²) in [4.78, 5) is 4.71. The van der Waals surface area contributed by atoms with Crippen molar-refractivity contribution in [1.82, 2.24) is 4.98 Å². The molecule has 2 nitrogen and oxygen atoms in total. The summed E-state index contributed by atoms with van der Waals surface area (Å²) in [5.41, 5.74) is 11.6. The fourth-order valence-electron chi connectivity index (χ4n) is 2.27. The molecule has 80 valence electrons. The van der Waals surface area contributed by atoms with Crippen molar-refractivity contribution in [3.63, 3.8) is 0 Å². The molecule has 0 unspecified atom stereocenters. The lowest BCUT2D eigenvalue weighted by molar-refractivity contribution is 0.939. The third-order valence-electron chi connectivity index (χ3n) is 3.13. The highest BCUT2D eigenvalue weighted by molar-refractivity contribution is 5.95. The van der Waals surface area contributed by atoms with Crippen LogP contribution in [0.2, 0.25) is 0 Å². The summed E-state index contributed by atoms with van der Waals surface area (Å²) < 4.78 is 0. The number of fused-ring (bicyclic) bond motifs is 2. The van der Waals surface area contributed by atoms with E-state index in [9.17, 15) is 0 Å². The predicted molar refractivity (Wildman–Crippen MR) is 68.2 cm³/mol. The van der Waals surface area contributed by atoms with E-state index >= 15 is 0 Å². The summed E-state index contributed by atoms with van der Waals surface area (Å²) in [6.07, 6.45) is 6.33. The Hall–Kier alpha value is -1.83. The van der Waals surface area contributed by atoms with Crippen LogP contribution in [-0.2, 0) is 6.42 Å². The summed E-state index contributed by atoms with van der Waals surface area (Å²) in [5, 5.41) is 1.07. The quantitative estimate of drug-likeness (QED) is 0.725. The number of nitrogens with zero attached hydrogens (tertiary/aromatic N) is 1. The van der Waals surface area contributed by atoms with E-state index < -0.39 is 0 Å². The van der Waals surface area contributed by atoms with Gasteiger partial charge < -0.3 is 5.73 Å². The van der Waals surface area contributed by atoms with Gasteiger partial charge in [-0.25, -0.2) is 0 Å². The minimum absolute atomic E-state index is 0.871. The lowest BCUT2D eigenvalue weighted by Gasteiger charge is -2.14. The second-order valence-electron chi connectivity index (χ2n) is 4.35. The molecule has 0 radical (unpaired) electrons. The van der Waals surface area contributed by atoms with Gasteiger partial charge in [0, 0.05) is 10.9 Å². The molecule has 0 bridgehead atoms. The molecule has 2 aromatic rings. The maximum atomic E-state index is 6.20. The normalized spacial score (nSPS) is 14.1. The van der Waals surface area contributed by atoms with E-state index in [1.54, 1.807) is 0 Å². The standard InChI is InChI=1S/C14H14N2/c1-9-6-7-11-13(8-9)16-12-5-3-2-4-10(12)14(11)15/h2,4,6-8H,3,5H2,1H3,(H2,15,16). The molecule has 2 N–H and O–H groups in total. The molecule has 1 aromatic heterocycles. The molecular weight excluding hydrogens is 196 g/mol. The lowest BCUT2D eigenvalue weighted by atomic mass is 9.98. The summed E-state index contributed by atoms with van der Waals surface area (Å²) in [7, 11) is 0. The molecule has 0 spiro atoms. The molecule has 1 aliphatic carbocycles. The molecular formula is C14H14N2. The van der Waals surface area contributed by atoms with Crippen molar-refractivity contribution in [1.29, 1.82) is 0 Å². The zero-order valence-electron chi connectivity index (χ0n) is 9.33. The van der Waals surface area contributed by atoms with E-state index in [1.807, 2.05) is 0 Å². The first-order valence-corrected chi connectivity index (χ1v) is 5.61. The van der Waals surface area contributed by atoms with Crippen LogP contribution >= 0.6 is 0 Å². The van der Waals surface area contributed by atoms with Crippen LogP contribution in [0.5, 0.6) is 0 Å². The predicted octanol–water partition coefficient (Wildman–Crippen LogP) is 3.08. The Morgan fingerprint density at radius 2 is 2.19 bits per heavy atom. The third kappa shape index (κ3) is 1.30. The molecule has 2 heteroatoms. The minimum atomic E-state index is 0.871. The van der Waals surface area contributed by atoms with E-state index in [-0.39, 0.29) is 0 Å². The van der Waals surface area contributed by atoms with Gasteiger partial charge in [-0.2, -0.15) is 0 Å². The Morgan fingerprint density at radius 3 is 3.06 bits per heavy atom. The Kier molecular flexibility index (Phi) is 1.96. The number of benzene rings is 1. The zero-order valence-corrected chi connectivity index (χ0v) is 9.33. The topological polar surface area (TPSA) is 38.9 Å². The largest absolute Gasteiger partial charge is 0.398 e.